The average Bonchev–Trinajstić information content (AvgIpc) is 3.14. The first-order valence-electron chi connectivity index (χ1n) is 9.17. The maximum atomic E-state index is 5.75. The highest BCUT2D eigenvalue weighted by Gasteiger charge is 2.15. The Balaban J connectivity index is 1.57. The minimum absolute atomic E-state index is 0.282. The van der Waals surface area contributed by atoms with Crippen LogP contribution in [0.15, 0.2) is 29.3 Å². The van der Waals surface area contributed by atoms with Gasteiger partial charge < -0.3 is 24.8 Å². The van der Waals surface area contributed by atoms with Gasteiger partial charge in [-0.3, -0.25) is 4.99 Å². The number of hydrogen-bond acceptors (Lipinski definition) is 4. The van der Waals surface area contributed by atoms with Crippen LogP contribution in [0.25, 0.3) is 0 Å². The second-order valence-electron chi connectivity index (χ2n) is 5.97. The van der Waals surface area contributed by atoms with Crippen molar-refractivity contribution in [1.29, 1.82) is 0 Å². The van der Waals surface area contributed by atoms with Gasteiger partial charge in [0.05, 0.1) is 19.3 Å². The molecule has 1 saturated heterocycles. The number of benzene rings is 1. The standard InChI is InChI=1S/C19H31N3O3/c1-3-24-17-7-4-6-16(14-17)8-11-22-19(20-2)21-10-5-12-25-18-9-13-23-15-18/h4,6-7,14,18H,3,5,8-13,15H2,1-2H3,(H2,20,21,22). The van der Waals surface area contributed by atoms with E-state index in [0.717, 1.165) is 63.9 Å². The summed E-state index contributed by atoms with van der Waals surface area (Å²) in [6, 6.07) is 8.22. The summed E-state index contributed by atoms with van der Waals surface area (Å²) in [5.74, 6) is 1.75. The van der Waals surface area contributed by atoms with E-state index in [1.807, 2.05) is 19.1 Å². The summed E-state index contributed by atoms with van der Waals surface area (Å²) in [5, 5.41) is 6.65. The summed E-state index contributed by atoms with van der Waals surface area (Å²) in [6.45, 7) is 6.67. The van der Waals surface area contributed by atoms with Gasteiger partial charge in [0.25, 0.3) is 0 Å². The van der Waals surface area contributed by atoms with Crippen LogP contribution in [0.2, 0.25) is 0 Å². The monoisotopic (exact) mass is 349 g/mol. The van der Waals surface area contributed by atoms with Crippen molar-refractivity contribution in [2.45, 2.75) is 32.3 Å². The summed E-state index contributed by atoms with van der Waals surface area (Å²) in [7, 11) is 1.79. The molecule has 0 spiro atoms. The number of aliphatic imine (C=N–C) groups is 1. The molecule has 6 heteroatoms. The molecule has 25 heavy (non-hydrogen) atoms. The highest BCUT2D eigenvalue weighted by atomic mass is 16.5. The van der Waals surface area contributed by atoms with E-state index in [1.165, 1.54) is 5.56 Å². The van der Waals surface area contributed by atoms with E-state index in [-0.39, 0.29) is 6.10 Å². The number of hydrogen-bond donors (Lipinski definition) is 2. The summed E-state index contributed by atoms with van der Waals surface area (Å²) >= 11 is 0. The fraction of sp³-hybridized carbons (Fsp3) is 0.632. The number of rotatable bonds is 10. The third-order valence-corrected chi connectivity index (χ3v) is 3.99. The zero-order chi connectivity index (χ0) is 17.7. The molecule has 1 fully saturated rings. The van der Waals surface area contributed by atoms with Gasteiger partial charge in [0.2, 0.25) is 0 Å². The average molecular weight is 349 g/mol. The van der Waals surface area contributed by atoms with E-state index >= 15 is 0 Å². The lowest BCUT2D eigenvalue weighted by Gasteiger charge is -2.13. The summed E-state index contributed by atoms with van der Waals surface area (Å²) < 4.78 is 16.6. The van der Waals surface area contributed by atoms with E-state index in [9.17, 15) is 0 Å². The molecule has 0 bridgehead atoms. The predicted octanol–water partition coefficient (Wildman–Crippen LogP) is 1.99. The second-order valence-corrected chi connectivity index (χ2v) is 5.97. The Bertz CT molecular complexity index is 516. The highest BCUT2D eigenvalue weighted by molar-refractivity contribution is 5.79. The lowest BCUT2D eigenvalue weighted by Crippen LogP contribution is -2.39. The first-order chi connectivity index (χ1) is 12.3. The third-order valence-electron chi connectivity index (χ3n) is 3.99. The van der Waals surface area contributed by atoms with Crippen LogP contribution < -0.4 is 15.4 Å². The van der Waals surface area contributed by atoms with Crippen molar-refractivity contribution in [1.82, 2.24) is 10.6 Å². The van der Waals surface area contributed by atoms with Crippen LogP contribution >= 0.6 is 0 Å². The largest absolute Gasteiger partial charge is 0.494 e. The zero-order valence-corrected chi connectivity index (χ0v) is 15.4. The molecule has 1 aromatic carbocycles. The Morgan fingerprint density at radius 2 is 2.20 bits per heavy atom. The molecule has 1 aliphatic heterocycles. The minimum atomic E-state index is 0.282. The molecule has 0 amide bonds. The Hall–Kier alpha value is -1.79. The van der Waals surface area contributed by atoms with Crippen LogP contribution in [0.3, 0.4) is 0 Å². The lowest BCUT2D eigenvalue weighted by molar-refractivity contribution is 0.0420. The number of ether oxygens (including phenoxy) is 3. The normalized spacial score (nSPS) is 17.5. The summed E-state index contributed by atoms with van der Waals surface area (Å²) in [6.07, 6.45) is 3.17. The van der Waals surface area contributed by atoms with Gasteiger partial charge in [-0.05, 0) is 43.9 Å². The molecular weight excluding hydrogens is 318 g/mol. The van der Waals surface area contributed by atoms with Crippen molar-refractivity contribution in [3.8, 4) is 5.75 Å². The van der Waals surface area contributed by atoms with Crippen LogP contribution in [-0.4, -0.2) is 58.6 Å². The molecule has 0 aromatic heterocycles. The lowest BCUT2D eigenvalue weighted by atomic mass is 10.1. The summed E-state index contributed by atoms with van der Waals surface area (Å²) in [5.41, 5.74) is 1.25. The van der Waals surface area contributed by atoms with Gasteiger partial charge in [0.1, 0.15) is 5.75 Å². The van der Waals surface area contributed by atoms with Crippen molar-refractivity contribution in [3.05, 3.63) is 29.8 Å². The number of nitrogens with one attached hydrogen (secondary N) is 2. The molecule has 0 radical (unpaired) electrons. The van der Waals surface area contributed by atoms with Crippen molar-refractivity contribution in [3.63, 3.8) is 0 Å². The van der Waals surface area contributed by atoms with Crippen molar-refractivity contribution in [2.75, 3.05) is 46.6 Å². The highest BCUT2D eigenvalue weighted by Crippen LogP contribution is 2.13. The van der Waals surface area contributed by atoms with Gasteiger partial charge in [-0.1, -0.05) is 12.1 Å². The molecule has 1 aromatic rings. The molecular formula is C19H31N3O3. The van der Waals surface area contributed by atoms with E-state index in [4.69, 9.17) is 14.2 Å². The van der Waals surface area contributed by atoms with Crippen LogP contribution in [0, 0.1) is 0 Å². The molecule has 1 heterocycles. The van der Waals surface area contributed by atoms with Crippen molar-refractivity contribution in [2.24, 2.45) is 4.99 Å². The van der Waals surface area contributed by atoms with Crippen LogP contribution in [0.4, 0.5) is 0 Å². The fourth-order valence-corrected chi connectivity index (χ4v) is 2.68. The van der Waals surface area contributed by atoms with Crippen molar-refractivity contribution >= 4 is 5.96 Å². The maximum Gasteiger partial charge on any atom is 0.190 e. The van der Waals surface area contributed by atoms with Crippen LogP contribution in [-0.2, 0) is 15.9 Å². The molecule has 1 unspecified atom stereocenters. The van der Waals surface area contributed by atoms with Crippen LogP contribution in [0.5, 0.6) is 5.75 Å². The smallest absolute Gasteiger partial charge is 0.190 e. The number of guanidine groups is 1. The first-order valence-corrected chi connectivity index (χ1v) is 9.17. The van der Waals surface area contributed by atoms with Crippen molar-refractivity contribution < 1.29 is 14.2 Å². The minimum Gasteiger partial charge on any atom is -0.494 e. The Labute approximate surface area is 151 Å². The molecule has 0 aliphatic carbocycles. The Morgan fingerprint density at radius 3 is 2.96 bits per heavy atom. The van der Waals surface area contributed by atoms with Gasteiger partial charge in [0, 0.05) is 33.4 Å². The van der Waals surface area contributed by atoms with E-state index < -0.39 is 0 Å². The maximum absolute atomic E-state index is 5.75. The molecule has 2 rings (SSSR count). The molecule has 140 valence electrons. The van der Waals surface area contributed by atoms with Gasteiger partial charge >= 0.3 is 0 Å². The quantitative estimate of drug-likeness (QED) is 0.384. The third kappa shape index (κ3) is 7.75. The molecule has 1 atom stereocenters. The van der Waals surface area contributed by atoms with E-state index in [2.05, 4.69) is 27.8 Å². The van der Waals surface area contributed by atoms with Gasteiger partial charge in [-0.2, -0.15) is 0 Å². The molecule has 1 aliphatic rings. The fourth-order valence-electron chi connectivity index (χ4n) is 2.68. The summed E-state index contributed by atoms with van der Waals surface area (Å²) in [4.78, 5) is 4.25. The predicted molar refractivity (Wildman–Crippen MR) is 100 cm³/mol. The zero-order valence-electron chi connectivity index (χ0n) is 15.4. The molecule has 2 N–H and O–H groups in total. The molecule has 6 nitrogen and oxygen atoms in total. The number of nitrogens with zero attached hydrogens (tertiary/aromatic N) is 1. The van der Waals surface area contributed by atoms with Crippen LogP contribution in [0.1, 0.15) is 25.3 Å². The SMILES string of the molecule is CCOc1cccc(CCNC(=NC)NCCCOC2CCOC2)c1. The van der Waals surface area contributed by atoms with Gasteiger partial charge in [0.15, 0.2) is 5.96 Å². The van der Waals surface area contributed by atoms with E-state index in [0.29, 0.717) is 6.61 Å². The Morgan fingerprint density at radius 1 is 1.32 bits per heavy atom. The Kier molecular flexibility index (Phi) is 9.15. The van der Waals surface area contributed by atoms with E-state index in [1.54, 1.807) is 7.05 Å². The van der Waals surface area contributed by atoms with Gasteiger partial charge in [-0.25, -0.2) is 0 Å². The second kappa shape index (κ2) is 11.7. The van der Waals surface area contributed by atoms with Gasteiger partial charge in [-0.15, -0.1) is 0 Å². The first kappa shape index (κ1) is 19.5. The molecule has 0 saturated carbocycles. The topological polar surface area (TPSA) is 64.1 Å².